The Balaban J connectivity index is 2.13. The Morgan fingerprint density at radius 3 is 1.10 bits per heavy atom. The van der Waals surface area contributed by atoms with Gasteiger partial charge in [0.25, 0.3) is 0 Å². The molecule has 0 heterocycles. The van der Waals surface area contributed by atoms with E-state index in [0.29, 0.717) is 12.8 Å². The van der Waals surface area contributed by atoms with Crippen LogP contribution in [-0.2, 0) is 29.0 Å². The van der Waals surface area contributed by atoms with Crippen molar-refractivity contribution < 1.29 is 19.8 Å². The summed E-state index contributed by atoms with van der Waals surface area (Å²) >= 11 is 0. The third kappa shape index (κ3) is 33.0. The van der Waals surface area contributed by atoms with Gasteiger partial charge in [-0.05, 0) is 134 Å². The van der Waals surface area contributed by atoms with Crippen LogP contribution in [0, 0.1) is 0 Å². The van der Waals surface area contributed by atoms with Crippen molar-refractivity contribution in [2.75, 3.05) is 14.1 Å². The first-order chi connectivity index (χ1) is 25.4. The SMILES string of the molecule is CN(C)Cc1cc(CCCCCCC=CCC=CCCCCCCCC(=O)O)cc(CCCCCCC=CCC=CCCCCCCCC(=O)O)c1. The van der Waals surface area contributed by atoms with Crippen molar-refractivity contribution in [1.82, 2.24) is 4.90 Å². The van der Waals surface area contributed by atoms with Gasteiger partial charge < -0.3 is 15.1 Å². The first-order valence-corrected chi connectivity index (χ1v) is 21.2. The quantitative estimate of drug-likeness (QED) is 0.0533. The standard InChI is InChI=1S/C47H77NO4/c1-48(2)42-45-40-43(35-31-27-23-19-15-11-7-3-5-9-13-17-21-25-29-33-37-46(49)50)39-44(41-45)36-32-28-24-20-16-12-8-4-6-10-14-18-22-26-30-34-38-47(51)52/h5-12,39-41H,3-4,13-38,42H2,1-2H3,(H,49,50)(H,51,52). The average Bonchev–Trinajstić information content (AvgIpc) is 3.10. The van der Waals surface area contributed by atoms with E-state index in [-0.39, 0.29) is 0 Å². The topological polar surface area (TPSA) is 77.8 Å². The lowest BCUT2D eigenvalue weighted by molar-refractivity contribution is -0.138. The maximum Gasteiger partial charge on any atom is 0.303 e. The van der Waals surface area contributed by atoms with E-state index in [2.05, 4.69) is 85.8 Å². The van der Waals surface area contributed by atoms with Gasteiger partial charge in [-0.1, -0.05) is 131 Å². The summed E-state index contributed by atoms with van der Waals surface area (Å²) in [5.74, 6) is -1.35. The maximum atomic E-state index is 10.5. The molecule has 0 unspecified atom stereocenters. The van der Waals surface area contributed by atoms with Crippen LogP contribution in [0.3, 0.4) is 0 Å². The summed E-state index contributed by atoms with van der Waals surface area (Å²) in [7, 11) is 4.33. The Morgan fingerprint density at radius 1 is 0.442 bits per heavy atom. The van der Waals surface area contributed by atoms with Gasteiger partial charge in [0.1, 0.15) is 0 Å². The van der Waals surface area contributed by atoms with Crippen LogP contribution in [0.4, 0.5) is 0 Å². The summed E-state index contributed by atoms with van der Waals surface area (Å²) in [6, 6.07) is 7.37. The van der Waals surface area contributed by atoms with Crippen molar-refractivity contribution in [3.8, 4) is 0 Å². The van der Waals surface area contributed by atoms with Gasteiger partial charge in [-0.2, -0.15) is 0 Å². The minimum Gasteiger partial charge on any atom is -0.481 e. The van der Waals surface area contributed by atoms with E-state index in [1.165, 1.54) is 119 Å². The molecule has 0 atom stereocenters. The van der Waals surface area contributed by atoms with Crippen molar-refractivity contribution >= 4 is 11.9 Å². The maximum absolute atomic E-state index is 10.5. The highest BCUT2D eigenvalue weighted by molar-refractivity contribution is 5.66. The minimum absolute atomic E-state index is 0.310. The van der Waals surface area contributed by atoms with Gasteiger partial charge in [-0.3, -0.25) is 9.59 Å². The van der Waals surface area contributed by atoms with Gasteiger partial charge in [-0.25, -0.2) is 0 Å². The average molecular weight is 720 g/mol. The predicted molar refractivity (Wildman–Crippen MR) is 223 cm³/mol. The molecule has 294 valence electrons. The largest absolute Gasteiger partial charge is 0.481 e. The van der Waals surface area contributed by atoms with Crippen molar-refractivity contribution in [3.63, 3.8) is 0 Å². The summed E-state index contributed by atoms with van der Waals surface area (Å²) in [4.78, 5) is 23.3. The molecule has 0 radical (unpaired) electrons. The molecule has 0 fully saturated rings. The highest BCUT2D eigenvalue weighted by Crippen LogP contribution is 2.18. The van der Waals surface area contributed by atoms with Crippen LogP contribution in [0.5, 0.6) is 0 Å². The molecule has 52 heavy (non-hydrogen) atoms. The molecule has 0 aliphatic carbocycles. The molecule has 0 saturated carbocycles. The summed E-state index contributed by atoms with van der Waals surface area (Å²) in [5.41, 5.74) is 4.50. The number of carbonyl (C=O) groups is 2. The molecule has 0 amide bonds. The van der Waals surface area contributed by atoms with E-state index >= 15 is 0 Å². The van der Waals surface area contributed by atoms with E-state index in [0.717, 1.165) is 70.8 Å². The van der Waals surface area contributed by atoms with E-state index in [1.54, 1.807) is 0 Å². The van der Waals surface area contributed by atoms with Gasteiger partial charge in [0, 0.05) is 19.4 Å². The summed E-state index contributed by atoms with van der Waals surface area (Å²) in [6.07, 6.45) is 49.3. The third-order valence-corrected chi connectivity index (χ3v) is 9.52. The molecule has 1 aromatic carbocycles. The van der Waals surface area contributed by atoms with Crippen LogP contribution in [0.25, 0.3) is 0 Å². The van der Waals surface area contributed by atoms with Gasteiger partial charge in [0.2, 0.25) is 0 Å². The fourth-order valence-corrected chi connectivity index (χ4v) is 6.63. The second-order valence-electron chi connectivity index (χ2n) is 15.1. The Kier molecular flexibility index (Phi) is 31.8. The summed E-state index contributed by atoms with van der Waals surface area (Å²) in [5, 5.41) is 17.3. The number of nitrogens with zero attached hydrogens (tertiary/aromatic N) is 1. The number of carboxylic acids is 2. The molecule has 5 nitrogen and oxygen atoms in total. The number of aliphatic carboxylic acids is 2. The molecule has 0 aromatic heterocycles. The molecule has 5 heteroatoms. The Morgan fingerprint density at radius 2 is 0.750 bits per heavy atom. The van der Waals surface area contributed by atoms with Crippen LogP contribution in [0.2, 0.25) is 0 Å². The number of carboxylic acid groups (broad SMARTS) is 2. The van der Waals surface area contributed by atoms with Crippen LogP contribution < -0.4 is 0 Å². The van der Waals surface area contributed by atoms with Crippen molar-refractivity contribution in [2.45, 2.75) is 186 Å². The number of rotatable bonds is 36. The van der Waals surface area contributed by atoms with E-state index in [1.807, 2.05) is 0 Å². The van der Waals surface area contributed by atoms with Crippen LogP contribution in [0.1, 0.15) is 184 Å². The number of benzene rings is 1. The van der Waals surface area contributed by atoms with Gasteiger partial charge in [0.15, 0.2) is 0 Å². The van der Waals surface area contributed by atoms with Gasteiger partial charge in [-0.15, -0.1) is 0 Å². The second-order valence-corrected chi connectivity index (χ2v) is 15.1. The monoisotopic (exact) mass is 720 g/mol. The lowest BCUT2D eigenvalue weighted by atomic mass is 9.97. The first kappa shape index (κ1) is 47.1. The number of aryl methyl sites for hydroxylation is 2. The number of unbranched alkanes of at least 4 members (excludes halogenated alkanes) is 18. The Hall–Kier alpha value is -2.92. The van der Waals surface area contributed by atoms with Crippen molar-refractivity contribution in [2.24, 2.45) is 0 Å². The van der Waals surface area contributed by atoms with Crippen molar-refractivity contribution in [1.29, 1.82) is 0 Å². The van der Waals surface area contributed by atoms with E-state index in [9.17, 15) is 9.59 Å². The van der Waals surface area contributed by atoms with Crippen molar-refractivity contribution in [3.05, 3.63) is 83.5 Å². The Labute approximate surface area is 319 Å². The zero-order valence-corrected chi connectivity index (χ0v) is 33.5. The second kappa shape index (κ2) is 35.1. The van der Waals surface area contributed by atoms with E-state index in [4.69, 9.17) is 10.2 Å². The predicted octanol–water partition coefficient (Wildman–Crippen LogP) is 13.4. The van der Waals surface area contributed by atoms with Crippen LogP contribution >= 0.6 is 0 Å². The normalized spacial score (nSPS) is 12.1. The molecule has 0 saturated heterocycles. The third-order valence-electron chi connectivity index (χ3n) is 9.52. The first-order valence-electron chi connectivity index (χ1n) is 21.2. The van der Waals surface area contributed by atoms with Crippen LogP contribution in [-0.4, -0.2) is 41.1 Å². The zero-order chi connectivity index (χ0) is 37.7. The lowest BCUT2D eigenvalue weighted by Gasteiger charge is -2.14. The molecule has 0 bridgehead atoms. The molecular formula is C47H77NO4. The summed E-state index contributed by atoms with van der Waals surface area (Å²) < 4.78 is 0. The smallest absolute Gasteiger partial charge is 0.303 e. The van der Waals surface area contributed by atoms with Gasteiger partial charge in [0.05, 0.1) is 0 Å². The fraction of sp³-hybridized carbons (Fsp3) is 0.660. The Bertz CT molecular complexity index is 1050. The highest BCUT2D eigenvalue weighted by atomic mass is 16.4. The summed E-state index contributed by atoms with van der Waals surface area (Å²) in [6.45, 7) is 1.01. The lowest BCUT2D eigenvalue weighted by Crippen LogP contribution is -2.11. The molecule has 1 rings (SSSR count). The molecule has 0 spiro atoms. The molecule has 0 aliphatic rings. The van der Waals surface area contributed by atoms with Crippen LogP contribution in [0.15, 0.2) is 66.8 Å². The fourth-order valence-electron chi connectivity index (χ4n) is 6.63. The van der Waals surface area contributed by atoms with E-state index < -0.39 is 11.9 Å². The minimum atomic E-state index is -0.676. The highest BCUT2D eigenvalue weighted by Gasteiger charge is 2.04. The molecule has 2 N–H and O–H groups in total. The molecular weight excluding hydrogens is 643 g/mol. The number of hydrogen-bond donors (Lipinski definition) is 2. The number of hydrogen-bond acceptors (Lipinski definition) is 3. The number of allylic oxidation sites excluding steroid dienone is 8. The zero-order valence-electron chi connectivity index (χ0n) is 33.5. The molecule has 0 aliphatic heterocycles. The van der Waals surface area contributed by atoms with Gasteiger partial charge >= 0.3 is 11.9 Å². The molecule has 1 aromatic rings.